The van der Waals surface area contributed by atoms with E-state index < -0.39 is 11.5 Å². The van der Waals surface area contributed by atoms with Crippen molar-refractivity contribution in [3.05, 3.63) is 34.7 Å². The number of hydrogen-bond donors (Lipinski definition) is 1. The predicted molar refractivity (Wildman–Crippen MR) is 98.7 cm³/mol. The van der Waals surface area contributed by atoms with Gasteiger partial charge < -0.3 is 19.7 Å². The molecule has 2 aromatic rings. The number of nitrogens with zero attached hydrogens (tertiary/aromatic N) is 3. The minimum absolute atomic E-state index is 0.164. The van der Waals surface area contributed by atoms with Crippen LogP contribution in [0.1, 0.15) is 0 Å². The first-order chi connectivity index (χ1) is 13.0. The molecule has 0 unspecified atom stereocenters. The zero-order valence-corrected chi connectivity index (χ0v) is 15.2. The number of hydrogen-bond acceptors (Lipinski definition) is 7. The van der Waals surface area contributed by atoms with Crippen molar-refractivity contribution >= 4 is 35.0 Å². The lowest BCUT2D eigenvalue weighted by Crippen LogP contribution is -2.40. The molecule has 0 saturated heterocycles. The highest BCUT2D eigenvalue weighted by Crippen LogP contribution is 2.33. The third kappa shape index (κ3) is 3.35. The molecule has 9 nitrogen and oxygen atoms in total. The summed E-state index contributed by atoms with van der Waals surface area (Å²) in [7, 11) is 1.54. The summed E-state index contributed by atoms with van der Waals surface area (Å²) in [6, 6.07) is 5.07. The van der Waals surface area contributed by atoms with Gasteiger partial charge in [0.2, 0.25) is 11.8 Å². The molecule has 1 aromatic carbocycles. The number of carbonyl (C=O) groups excluding carboxylic acids is 2. The molecule has 2 aliphatic rings. The van der Waals surface area contributed by atoms with Crippen LogP contribution in [-0.4, -0.2) is 47.6 Å². The Morgan fingerprint density at radius 1 is 1.26 bits per heavy atom. The monoisotopic (exact) mass is 388 g/mol. The van der Waals surface area contributed by atoms with Gasteiger partial charge in [0.05, 0.1) is 16.8 Å². The third-order valence-electron chi connectivity index (χ3n) is 4.16. The van der Waals surface area contributed by atoms with E-state index in [4.69, 9.17) is 9.47 Å². The van der Waals surface area contributed by atoms with E-state index in [1.165, 1.54) is 22.9 Å². The summed E-state index contributed by atoms with van der Waals surface area (Å²) in [5.41, 5.74) is 0.296. The Labute approximate surface area is 158 Å². The zero-order valence-electron chi connectivity index (χ0n) is 14.4. The van der Waals surface area contributed by atoms with E-state index in [0.717, 1.165) is 4.68 Å². The second-order valence-corrected chi connectivity index (χ2v) is 6.99. The van der Waals surface area contributed by atoms with Gasteiger partial charge in [-0.15, -0.1) is 11.8 Å². The van der Waals surface area contributed by atoms with Gasteiger partial charge in [-0.3, -0.25) is 14.4 Å². The lowest BCUT2D eigenvalue weighted by molar-refractivity contribution is -0.117. The van der Waals surface area contributed by atoms with Crippen LogP contribution in [0.25, 0.3) is 0 Å². The number of amides is 2. The van der Waals surface area contributed by atoms with Crippen LogP contribution >= 0.6 is 11.8 Å². The van der Waals surface area contributed by atoms with Crippen LogP contribution in [0.2, 0.25) is 0 Å². The molecule has 0 radical (unpaired) electrons. The number of fused-ring (bicyclic) bond motifs is 2. The Balaban J connectivity index is 1.52. The fourth-order valence-corrected chi connectivity index (χ4v) is 3.76. The van der Waals surface area contributed by atoms with E-state index in [1.54, 1.807) is 25.2 Å². The van der Waals surface area contributed by atoms with Crippen LogP contribution in [0.5, 0.6) is 11.5 Å². The van der Waals surface area contributed by atoms with E-state index in [0.29, 0.717) is 35.3 Å². The number of carbonyl (C=O) groups is 2. The van der Waals surface area contributed by atoms with Crippen molar-refractivity contribution < 1.29 is 19.1 Å². The number of benzene rings is 1. The molecule has 1 N–H and O–H groups in total. The molecule has 0 saturated carbocycles. The van der Waals surface area contributed by atoms with E-state index in [-0.39, 0.29) is 23.9 Å². The zero-order chi connectivity index (χ0) is 19.0. The van der Waals surface area contributed by atoms with E-state index >= 15 is 0 Å². The van der Waals surface area contributed by atoms with Gasteiger partial charge in [0.25, 0.3) is 5.56 Å². The summed E-state index contributed by atoms with van der Waals surface area (Å²) in [6.45, 7) is 0.664. The molecule has 10 heteroatoms. The highest BCUT2D eigenvalue weighted by molar-refractivity contribution is 8.00. The van der Waals surface area contributed by atoms with Gasteiger partial charge in [-0.1, -0.05) is 0 Å². The molecule has 0 aliphatic carbocycles. The Hall–Kier alpha value is -3.01. The maximum absolute atomic E-state index is 12.6. The van der Waals surface area contributed by atoms with Crippen LogP contribution in [-0.2, 0) is 16.1 Å². The van der Waals surface area contributed by atoms with Gasteiger partial charge in [-0.25, -0.2) is 4.68 Å². The number of anilines is 2. The molecule has 1 aromatic heterocycles. The van der Waals surface area contributed by atoms with E-state index in [9.17, 15) is 14.4 Å². The van der Waals surface area contributed by atoms with Crippen molar-refractivity contribution in [1.82, 2.24) is 9.78 Å². The van der Waals surface area contributed by atoms with Gasteiger partial charge in [-0.2, -0.15) is 5.10 Å². The second kappa shape index (κ2) is 6.95. The number of ether oxygens (including phenoxy) is 2. The van der Waals surface area contributed by atoms with Crippen LogP contribution in [0, 0.1) is 0 Å². The molecule has 2 amide bonds. The highest BCUT2D eigenvalue weighted by atomic mass is 32.2. The van der Waals surface area contributed by atoms with Crippen molar-refractivity contribution in [1.29, 1.82) is 0 Å². The minimum atomic E-state index is -0.479. The van der Waals surface area contributed by atoms with Gasteiger partial charge in [0, 0.05) is 18.8 Å². The molecule has 27 heavy (non-hydrogen) atoms. The topological polar surface area (TPSA) is 103 Å². The number of nitrogens with one attached hydrogen (secondary N) is 1. The van der Waals surface area contributed by atoms with Gasteiger partial charge >= 0.3 is 0 Å². The number of aromatic nitrogens is 2. The van der Waals surface area contributed by atoms with E-state index in [1.807, 2.05) is 0 Å². The molecule has 0 atom stereocenters. The smallest absolute Gasteiger partial charge is 0.292 e. The molecular formula is C17H16N4O5S. The summed E-state index contributed by atoms with van der Waals surface area (Å²) in [5, 5.41) is 6.75. The normalized spacial score (nSPS) is 15.3. The molecule has 140 valence electrons. The predicted octanol–water partition coefficient (Wildman–Crippen LogP) is 0.722. The quantitative estimate of drug-likeness (QED) is 0.826. The van der Waals surface area contributed by atoms with Crippen LogP contribution in [0.15, 0.2) is 34.1 Å². The van der Waals surface area contributed by atoms with Crippen molar-refractivity contribution in [3.8, 4) is 11.5 Å². The Bertz CT molecular complexity index is 990. The van der Waals surface area contributed by atoms with Crippen molar-refractivity contribution in [2.24, 2.45) is 0 Å². The average molecular weight is 388 g/mol. The molecular weight excluding hydrogens is 372 g/mol. The molecule has 2 aliphatic heterocycles. The maximum atomic E-state index is 12.6. The maximum Gasteiger partial charge on any atom is 0.292 e. The Kier molecular flexibility index (Phi) is 4.48. The summed E-state index contributed by atoms with van der Waals surface area (Å²) >= 11 is 1.26. The van der Waals surface area contributed by atoms with E-state index in [2.05, 4.69) is 10.4 Å². The standard InChI is InChI=1S/C17H16N4O5S/c1-20-15(23)9-27-13-7-18-21(17(24)16(13)20)8-14(22)19-10-2-3-11-12(6-10)26-5-4-25-11/h2-3,6-7H,4-5,8-9H2,1H3,(H,19,22). The largest absolute Gasteiger partial charge is 0.486 e. The van der Waals surface area contributed by atoms with Crippen molar-refractivity contribution in [2.45, 2.75) is 11.4 Å². The summed E-state index contributed by atoms with van der Waals surface area (Å²) in [6.07, 6.45) is 1.50. The second-order valence-electron chi connectivity index (χ2n) is 5.97. The van der Waals surface area contributed by atoms with Crippen LogP contribution < -0.4 is 25.2 Å². The lowest BCUT2D eigenvalue weighted by atomic mass is 10.2. The molecule has 0 bridgehead atoms. The SMILES string of the molecule is CN1C(=O)CSc2cnn(CC(=O)Nc3ccc4c(c3)OCCO4)c(=O)c21. The van der Waals surface area contributed by atoms with Crippen molar-refractivity contribution in [3.63, 3.8) is 0 Å². The fourth-order valence-electron chi connectivity index (χ4n) is 2.81. The van der Waals surface area contributed by atoms with Crippen LogP contribution in [0.4, 0.5) is 11.4 Å². The first-order valence-electron chi connectivity index (χ1n) is 8.22. The Morgan fingerprint density at radius 2 is 2.04 bits per heavy atom. The molecule has 0 spiro atoms. The fraction of sp³-hybridized carbons (Fsp3) is 0.294. The lowest BCUT2D eigenvalue weighted by Gasteiger charge is -2.24. The summed E-state index contributed by atoms with van der Waals surface area (Å²) in [5.74, 6) is 0.859. The summed E-state index contributed by atoms with van der Waals surface area (Å²) < 4.78 is 12.0. The summed E-state index contributed by atoms with van der Waals surface area (Å²) in [4.78, 5) is 38.8. The van der Waals surface area contributed by atoms with Gasteiger partial charge in [-0.05, 0) is 12.1 Å². The first-order valence-corrected chi connectivity index (χ1v) is 9.20. The molecule has 3 heterocycles. The van der Waals surface area contributed by atoms with Gasteiger partial charge in [0.1, 0.15) is 25.4 Å². The average Bonchev–Trinajstić information content (AvgIpc) is 2.66. The third-order valence-corrected chi connectivity index (χ3v) is 5.17. The van der Waals surface area contributed by atoms with Crippen LogP contribution in [0.3, 0.4) is 0 Å². The number of rotatable bonds is 3. The minimum Gasteiger partial charge on any atom is -0.486 e. The Morgan fingerprint density at radius 3 is 2.85 bits per heavy atom. The first kappa shape index (κ1) is 17.4. The molecule has 0 fully saturated rings. The van der Waals surface area contributed by atoms with Crippen molar-refractivity contribution in [2.75, 3.05) is 36.2 Å². The highest BCUT2D eigenvalue weighted by Gasteiger charge is 2.26. The molecule has 4 rings (SSSR count). The number of thioether (sulfide) groups is 1. The van der Waals surface area contributed by atoms with Gasteiger partial charge in [0.15, 0.2) is 11.5 Å².